The van der Waals surface area contributed by atoms with Gasteiger partial charge in [0.05, 0.1) is 25.4 Å². The van der Waals surface area contributed by atoms with Gasteiger partial charge in [0.25, 0.3) is 0 Å². The van der Waals surface area contributed by atoms with Crippen molar-refractivity contribution in [2.24, 2.45) is 5.92 Å². The molecule has 1 fully saturated rings. The lowest BCUT2D eigenvalue weighted by atomic mass is 10.0. The first kappa shape index (κ1) is 9.96. The number of hydrogen-bond acceptors (Lipinski definition) is 3. The van der Waals surface area contributed by atoms with Crippen LogP contribution in [0.2, 0.25) is 0 Å². The van der Waals surface area contributed by atoms with Crippen LogP contribution in [0.4, 0.5) is 0 Å². The molecule has 0 saturated carbocycles. The van der Waals surface area contributed by atoms with Crippen molar-refractivity contribution >= 4 is 0 Å². The Morgan fingerprint density at radius 3 is 2.92 bits per heavy atom. The maximum atomic E-state index is 9.59. The third-order valence-electron chi connectivity index (χ3n) is 2.27. The summed E-state index contributed by atoms with van der Waals surface area (Å²) in [6, 6.07) is 0. The molecule has 1 aliphatic heterocycles. The van der Waals surface area contributed by atoms with Crippen LogP contribution in [0.15, 0.2) is 0 Å². The molecule has 3 unspecified atom stereocenters. The van der Waals surface area contributed by atoms with Gasteiger partial charge in [-0.25, -0.2) is 0 Å². The Morgan fingerprint density at radius 2 is 2.42 bits per heavy atom. The number of ether oxygens (including phenoxy) is 2. The van der Waals surface area contributed by atoms with E-state index in [0.717, 1.165) is 6.42 Å². The summed E-state index contributed by atoms with van der Waals surface area (Å²) in [5.74, 6) is 0.270. The van der Waals surface area contributed by atoms with Crippen LogP contribution in [0.3, 0.4) is 0 Å². The highest BCUT2D eigenvalue weighted by Crippen LogP contribution is 2.22. The summed E-state index contributed by atoms with van der Waals surface area (Å²) in [7, 11) is 0. The molecule has 1 aliphatic rings. The molecule has 0 aromatic rings. The van der Waals surface area contributed by atoms with Crippen molar-refractivity contribution in [2.45, 2.75) is 32.5 Å². The van der Waals surface area contributed by atoms with Crippen LogP contribution in [0.25, 0.3) is 0 Å². The highest BCUT2D eigenvalue weighted by Gasteiger charge is 2.28. The van der Waals surface area contributed by atoms with Crippen LogP contribution in [-0.4, -0.2) is 37.1 Å². The van der Waals surface area contributed by atoms with Crippen LogP contribution >= 0.6 is 0 Å². The summed E-state index contributed by atoms with van der Waals surface area (Å²) >= 11 is 0. The first-order valence-electron chi connectivity index (χ1n) is 4.61. The fourth-order valence-corrected chi connectivity index (χ4v) is 1.49. The normalized spacial score (nSPS) is 32.2. The number of hydrogen-bond donors (Lipinski definition) is 1. The van der Waals surface area contributed by atoms with Gasteiger partial charge < -0.3 is 14.6 Å². The Bertz CT molecular complexity index is 127. The Labute approximate surface area is 73.7 Å². The second-order valence-corrected chi connectivity index (χ2v) is 3.37. The molecule has 0 aliphatic carbocycles. The van der Waals surface area contributed by atoms with Crippen molar-refractivity contribution in [3.8, 4) is 0 Å². The van der Waals surface area contributed by atoms with Gasteiger partial charge in [-0.15, -0.1) is 0 Å². The summed E-state index contributed by atoms with van der Waals surface area (Å²) in [5.41, 5.74) is 0. The smallest absolute Gasteiger partial charge is 0.0824 e. The molecular weight excluding hydrogens is 156 g/mol. The summed E-state index contributed by atoms with van der Waals surface area (Å²) in [4.78, 5) is 0. The fraction of sp³-hybridized carbons (Fsp3) is 1.00. The Kier molecular flexibility index (Phi) is 3.98. The highest BCUT2D eigenvalue weighted by molar-refractivity contribution is 4.76. The quantitative estimate of drug-likeness (QED) is 0.685. The van der Waals surface area contributed by atoms with Crippen LogP contribution in [0, 0.1) is 5.92 Å². The molecule has 0 radical (unpaired) electrons. The third kappa shape index (κ3) is 2.73. The first-order chi connectivity index (χ1) is 5.74. The summed E-state index contributed by atoms with van der Waals surface area (Å²) < 4.78 is 10.5. The average Bonchev–Trinajstić information content (AvgIpc) is 2.47. The maximum Gasteiger partial charge on any atom is 0.0824 e. The minimum Gasteiger partial charge on any atom is -0.390 e. The molecule has 3 atom stereocenters. The monoisotopic (exact) mass is 174 g/mol. The Hall–Kier alpha value is -0.120. The second-order valence-electron chi connectivity index (χ2n) is 3.37. The summed E-state index contributed by atoms with van der Waals surface area (Å²) in [5, 5.41) is 9.59. The molecule has 0 bridgehead atoms. The zero-order chi connectivity index (χ0) is 8.97. The topological polar surface area (TPSA) is 38.7 Å². The van der Waals surface area contributed by atoms with Crippen molar-refractivity contribution in [3.63, 3.8) is 0 Å². The van der Waals surface area contributed by atoms with Crippen LogP contribution in [0.5, 0.6) is 0 Å². The minimum atomic E-state index is -0.352. The molecule has 0 spiro atoms. The number of aliphatic hydroxyl groups excluding tert-OH is 1. The Balaban J connectivity index is 2.18. The van der Waals surface area contributed by atoms with Gasteiger partial charge in [-0.2, -0.15) is 0 Å². The summed E-state index contributed by atoms with van der Waals surface area (Å²) in [6.45, 7) is 5.75. The number of aliphatic hydroxyl groups is 1. The van der Waals surface area contributed by atoms with Crippen molar-refractivity contribution in [2.75, 3.05) is 19.8 Å². The van der Waals surface area contributed by atoms with E-state index >= 15 is 0 Å². The van der Waals surface area contributed by atoms with Crippen LogP contribution in [0.1, 0.15) is 20.3 Å². The van der Waals surface area contributed by atoms with E-state index in [4.69, 9.17) is 9.47 Å². The average molecular weight is 174 g/mol. The molecule has 0 aromatic heterocycles. The third-order valence-corrected chi connectivity index (χ3v) is 2.27. The maximum absolute atomic E-state index is 9.59. The van der Waals surface area contributed by atoms with E-state index in [1.807, 2.05) is 13.8 Å². The molecule has 1 N–H and O–H groups in total. The van der Waals surface area contributed by atoms with Gasteiger partial charge in [0.1, 0.15) is 0 Å². The van der Waals surface area contributed by atoms with Gasteiger partial charge in [-0.1, -0.05) is 0 Å². The van der Waals surface area contributed by atoms with Gasteiger partial charge in [0.15, 0.2) is 0 Å². The van der Waals surface area contributed by atoms with Gasteiger partial charge in [0, 0.05) is 12.5 Å². The summed E-state index contributed by atoms with van der Waals surface area (Å²) in [6.07, 6.45) is 0.898. The molecule has 1 heterocycles. The standard InChI is InChI=1S/C9H18O3/c1-3-11-6-9(10)8-4-7(2)12-5-8/h7-10H,3-6H2,1-2H3. The second kappa shape index (κ2) is 4.80. The lowest BCUT2D eigenvalue weighted by Gasteiger charge is -2.15. The van der Waals surface area contributed by atoms with Crippen molar-refractivity contribution in [1.82, 2.24) is 0 Å². The molecule has 3 nitrogen and oxygen atoms in total. The van der Waals surface area contributed by atoms with E-state index in [0.29, 0.717) is 25.9 Å². The molecule has 1 rings (SSSR count). The highest BCUT2D eigenvalue weighted by atomic mass is 16.5. The molecule has 72 valence electrons. The van der Waals surface area contributed by atoms with Crippen LogP contribution in [-0.2, 0) is 9.47 Å². The van der Waals surface area contributed by atoms with E-state index in [2.05, 4.69) is 0 Å². The van der Waals surface area contributed by atoms with E-state index in [1.165, 1.54) is 0 Å². The molecule has 0 amide bonds. The largest absolute Gasteiger partial charge is 0.390 e. The predicted octanol–water partition coefficient (Wildman–Crippen LogP) is 0.809. The number of rotatable bonds is 4. The predicted molar refractivity (Wildman–Crippen MR) is 46.0 cm³/mol. The van der Waals surface area contributed by atoms with Gasteiger partial charge >= 0.3 is 0 Å². The lowest BCUT2D eigenvalue weighted by molar-refractivity contribution is 0.00546. The molecule has 12 heavy (non-hydrogen) atoms. The van der Waals surface area contributed by atoms with Crippen LogP contribution < -0.4 is 0 Å². The Morgan fingerprint density at radius 1 is 1.67 bits per heavy atom. The fourth-order valence-electron chi connectivity index (χ4n) is 1.49. The molecule has 0 aromatic carbocycles. The van der Waals surface area contributed by atoms with Gasteiger partial charge in [-0.05, 0) is 20.3 Å². The molecular formula is C9H18O3. The van der Waals surface area contributed by atoms with Gasteiger partial charge in [-0.3, -0.25) is 0 Å². The zero-order valence-electron chi connectivity index (χ0n) is 7.82. The van der Waals surface area contributed by atoms with E-state index in [-0.39, 0.29) is 12.0 Å². The zero-order valence-corrected chi connectivity index (χ0v) is 7.82. The first-order valence-corrected chi connectivity index (χ1v) is 4.61. The van der Waals surface area contributed by atoms with E-state index in [9.17, 15) is 5.11 Å². The molecule has 1 saturated heterocycles. The molecule has 3 heteroatoms. The lowest BCUT2D eigenvalue weighted by Crippen LogP contribution is -2.26. The van der Waals surface area contributed by atoms with Crippen molar-refractivity contribution < 1.29 is 14.6 Å². The van der Waals surface area contributed by atoms with Gasteiger partial charge in [0.2, 0.25) is 0 Å². The van der Waals surface area contributed by atoms with Crippen molar-refractivity contribution in [3.05, 3.63) is 0 Å². The van der Waals surface area contributed by atoms with E-state index < -0.39 is 0 Å². The van der Waals surface area contributed by atoms with E-state index in [1.54, 1.807) is 0 Å². The SMILES string of the molecule is CCOCC(O)C1COC(C)C1. The van der Waals surface area contributed by atoms with Crippen molar-refractivity contribution in [1.29, 1.82) is 0 Å². The minimum absolute atomic E-state index is 0.270.